The number of hydrogen-bond donors (Lipinski definition) is 1. The van der Waals surface area contributed by atoms with E-state index in [0.717, 1.165) is 6.42 Å². The summed E-state index contributed by atoms with van der Waals surface area (Å²) in [6.07, 6.45) is 0.977. The minimum absolute atomic E-state index is 0.382. The van der Waals surface area contributed by atoms with Crippen LogP contribution in [0.25, 0.3) is 0 Å². The van der Waals surface area contributed by atoms with E-state index in [4.69, 9.17) is 0 Å². The Bertz CT molecular complexity index is 273. The molecule has 3 heteroatoms. The summed E-state index contributed by atoms with van der Waals surface area (Å²) in [5.74, 6) is 0.382. The summed E-state index contributed by atoms with van der Waals surface area (Å²) in [4.78, 5) is 0. The Hall–Kier alpha value is -0.185. The molecular formula is C9H12BIO. The molecule has 0 aliphatic heterocycles. The number of benzene rings is 1. The second-order valence-electron chi connectivity index (χ2n) is 2.90. The number of halogens is 1. The lowest BCUT2D eigenvalue weighted by molar-refractivity contribution is 0.475. The molecule has 0 aliphatic rings. The first-order valence-electron chi connectivity index (χ1n) is 4.10. The number of phenols is 1. The van der Waals surface area contributed by atoms with Crippen LogP contribution < -0.4 is 5.46 Å². The molecule has 0 spiro atoms. The molecule has 64 valence electrons. The average molecular weight is 274 g/mol. The van der Waals surface area contributed by atoms with E-state index in [1.807, 2.05) is 12.1 Å². The maximum Gasteiger partial charge on any atom is 0.247 e. The SMILES string of the molecule is CCc1cc(O)cc(B(C)I)c1. The van der Waals surface area contributed by atoms with Crippen LogP contribution in [0.4, 0.5) is 0 Å². The number of aromatic hydroxyl groups is 1. The van der Waals surface area contributed by atoms with Gasteiger partial charge in [-0.1, -0.05) is 25.3 Å². The highest BCUT2D eigenvalue weighted by Gasteiger charge is 2.06. The third-order valence-electron chi connectivity index (χ3n) is 1.87. The van der Waals surface area contributed by atoms with Gasteiger partial charge < -0.3 is 5.11 Å². The topological polar surface area (TPSA) is 20.2 Å². The quantitative estimate of drug-likeness (QED) is 0.647. The Labute approximate surface area is 87.1 Å². The van der Waals surface area contributed by atoms with Gasteiger partial charge in [-0.25, -0.2) is 0 Å². The van der Waals surface area contributed by atoms with Crippen molar-refractivity contribution in [1.82, 2.24) is 0 Å². The minimum Gasteiger partial charge on any atom is -0.508 e. The van der Waals surface area contributed by atoms with Crippen LogP contribution in [0, 0.1) is 0 Å². The smallest absolute Gasteiger partial charge is 0.247 e. The first kappa shape index (κ1) is 9.90. The van der Waals surface area contributed by atoms with Crippen molar-refractivity contribution in [1.29, 1.82) is 0 Å². The van der Waals surface area contributed by atoms with Gasteiger partial charge in [-0.15, -0.1) is 22.4 Å². The van der Waals surface area contributed by atoms with E-state index in [9.17, 15) is 5.11 Å². The number of aryl methyl sites for hydroxylation is 1. The second kappa shape index (κ2) is 4.17. The van der Waals surface area contributed by atoms with E-state index in [2.05, 4.69) is 42.2 Å². The Morgan fingerprint density at radius 3 is 2.58 bits per heavy atom. The molecule has 0 amide bonds. The summed E-state index contributed by atoms with van der Waals surface area (Å²) < 4.78 is 0.458. The Morgan fingerprint density at radius 2 is 2.08 bits per heavy atom. The molecule has 1 N–H and O–H groups in total. The van der Waals surface area contributed by atoms with Crippen molar-refractivity contribution < 1.29 is 5.11 Å². The van der Waals surface area contributed by atoms with Crippen LogP contribution in [0.5, 0.6) is 5.75 Å². The van der Waals surface area contributed by atoms with Gasteiger partial charge in [0, 0.05) is 0 Å². The van der Waals surface area contributed by atoms with Gasteiger partial charge in [0.25, 0.3) is 0 Å². The first-order valence-corrected chi connectivity index (χ1v) is 5.35. The molecule has 1 aromatic carbocycles. The highest BCUT2D eigenvalue weighted by Crippen LogP contribution is 2.11. The van der Waals surface area contributed by atoms with Crippen LogP contribution in [0.1, 0.15) is 12.5 Å². The Balaban J connectivity index is 3.06. The van der Waals surface area contributed by atoms with Crippen molar-refractivity contribution in [3.8, 4) is 5.75 Å². The molecule has 0 aliphatic carbocycles. The molecule has 1 rings (SSSR count). The van der Waals surface area contributed by atoms with Crippen LogP contribution >= 0.6 is 22.4 Å². The largest absolute Gasteiger partial charge is 0.508 e. The van der Waals surface area contributed by atoms with Crippen molar-refractivity contribution in [3.05, 3.63) is 23.8 Å². The average Bonchev–Trinajstić information content (AvgIpc) is 2.03. The van der Waals surface area contributed by atoms with E-state index >= 15 is 0 Å². The summed E-state index contributed by atoms with van der Waals surface area (Å²) in [6.45, 7) is 4.21. The monoisotopic (exact) mass is 274 g/mol. The maximum absolute atomic E-state index is 9.37. The lowest BCUT2D eigenvalue weighted by Gasteiger charge is -2.04. The van der Waals surface area contributed by atoms with Crippen molar-refractivity contribution in [2.24, 2.45) is 0 Å². The van der Waals surface area contributed by atoms with Crippen LogP contribution in [-0.2, 0) is 6.42 Å². The Morgan fingerprint density at radius 1 is 1.42 bits per heavy atom. The number of phenolic OH excluding ortho intramolecular Hbond substituents is 1. The molecule has 12 heavy (non-hydrogen) atoms. The maximum atomic E-state index is 9.37. The third-order valence-corrected chi connectivity index (χ3v) is 2.59. The molecule has 0 saturated heterocycles. The summed E-state index contributed by atoms with van der Waals surface area (Å²) in [6, 6.07) is 5.80. The molecule has 1 aromatic rings. The van der Waals surface area contributed by atoms with Gasteiger partial charge in [0.15, 0.2) is 0 Å². The van der Waals surface area contributed by atoms with Gasteiger partial charge in [-0.2, -0.15) is 0 Å². The molecular weight excluding hydrogens is 262 g/mol. The zero-order valence-electron chi connectivity index (χ0n) is 7.34. The van der Waals surface area contributed by atoms with Crippen molar-refractivity contribution in [2.75, 3.05) is 0 Å². The van der Waals surface area contributed by atoms with Gasteiger partial charge in [0.2, 0.25) is 4.57 Å². The normalized spacial score (nSPS) is 9.92. The lowest BCUT2D eigenvalue weighted by Crippen LogP contribution is -2.19. The van der Waals surface area contributed by atoms with Gasteiger partial charge >= 0.3 is 0 Å². The fourth-order valence-electron chi connectivity index (χ4n) is 1.13. The zero-order valence-corrected chi connectivity index (χ0v) is 9.50. The summed E-state index contributed by atoms with van der Waals surface area (Å²) in [7, 11) is 0. The van der Waals surface area contributed by atoms with Crippen LogP contribution in [0.15, 0.2) is 18.2 Å². The number of hydrogen-bond acceptors (Lipinski definition) is 1. The summed E-state index contributed by atoms with van der Waals surface area (Å²) in [5, 5.41) is 9.37. The van der Waals surface area contributed by atoms with E-state index < -0.39 is 0 Å². The highest BCUT2D eigenvalue weighted by atomic mass is 127. The molecule has 0 radical (unpaired) electrons. The molecule has 0 saturated carbocycles. The molecule has 0 heterocycles. The van der Waals surface area contributed by atoms with E-state index in [1.165, 1.54) is 11.0 Å². The van der Waals surface area contributed by atoms with E-state index in [1.54, 1.807) is 0 Å². The van der Waals surface area contributed by atoms with Crippen molar-refractivity contribution in [2.45, 2.75) is 20.2 Å². The second-order valence-corrected chi connectivity index (χ2v) is 4.77. The predicted octanol–water partition coefficient (Wildman–Crippen LogP) is 2.22. The molecule has 1 nitrogen and oxygen atoms in total. The minimum atomic E-state index is 0.382. The lowest BCUT2D eigenvalue weighted by atomic mass is 9.72. The predicted molar refractivity (Wildman–Crippen MR) is 62.8 cm³/mol. The van der Waals surface area contributed by atoms with Gasteiger partial charge in [-0.3, -0.25) is 0 Å². The van der Waals surface area contributed by atoms with Gasteiger partial charge in [0.1, 0.15) is 5.75 Å². The van der Waals surface area contributed by atoms with E-state index in [0.29, 0.717) is 10.3 Å². The van der Waals surface area contributed by atoms with Crippen LogP contribution in [-0.4, -0.2) is 9.68 Å². The van der Waals surface area contributed by atoms with Gasteiger partial charge in [0.05, 0.1) is 0 Å². The fourth-order valence-corrected chi connectivity index (χ4v) is 1.49. The third kappa shape index (κ3) is 2.40. The Kier molecular flexibility index (Phi) is 3.44. The molecule has 0 fully saturated rings. The van der Waals surface area contributed by atoms with Crippen LogP contribution in [0.3, 0.4) is 0 Å². The van der Waals surface area contributed by atoms with E-state index in [-0.39, 0.29) is 0 Å². The van der Waals surface area contributed by atoms with Crippen molar-refractivity contribution >= 4 is 32.4 Å². The molecule has 0 bridgehead atoms. The zero-order chi connectivity index (χ0) is 9.14. The van der Waals surface area contributed by atoms with Gasteiger partial charge in [-0.05, 0) is 24.1 Å². The molecule has 0 aromatic heterocycles. The first-order chi connectivity index (χ1) is 5.63. The fraction of sp³-hybridized carbons (Fsp3) is 0.333. The summed E-state index contributed by atoms with van der Waals surface area (Å²) in [5.41, 5.74) is 2.40. The standard InChI is InChI=1S/C9H12BIO/c1-3-7-4-8(10(2)11)6-9(12)5-7/h4-6,12H,3H2,1-2H3. The van der Waals surface area contributed by atoms with Crippen molar-refractivity contribution in [3.63, 3.8) is 0 Å². The molecule has 0 unspecified atom stereocenters. The summed E-state index contributed by atoms with van der Waals surface area (Å²) >= 11 is 2.35. The number of rotatable bonds is 2. The molecule has 0 atom stereocenters. The van der Waals surface area contributed by atoms with Crippen LogP contribution in [0.2, 0.25) is 6.82 Å². The highest BCUT2D eigenvalue weighted by molar-refractivity contribution is 14.1.